The standard InChI is InChI=1S/C21H19FN4O2S/c1-26-11-10-23-20(26)19(13-6-8-14(22)9-7-13)25-18(27)12-17-21(28)24-15-4-2-3-5-16(15)29-17/h2-11,17,19H,12H2,1H3,(H,24,28)(H,25,27). The molecular weight excluding hydrogens is 391 g/mol. The van der Waals surface area contributed by atoms with Gasteiger partial charge in [0.25, 0.3) is 0 Å². The van der Waals surface area contributed by atoms with Gasteiger partial charge in [0.15, 0.2) is 0 Å². The number of anilines is 1. The van der Waals surface area contributed by atoms with Crippen molar-refractivity contribution in [3.8, 4) is 0 Å². The van der Waals surface area contributed by atoms with Gasteiger partial charge in [0.2, 0.25) is 11.8 Å². The fraction of sp³-hybridized carbons (Fsp3) is 0.190. The fourth-order valence-corrected chi connectivity index (χ4v) is 4.33. The fourth-order valence-electron chi connectivity index (χ4n) is 3.22. The molecule has 2 amide bonds. The number of nitrogens with one attached hydrogen (secondary N) is 2. The quantitative estimate of drug-likeness (QED) is 0.677. The molecule has 1 aliphatic rings. The highest BCUT2D eigenvalue weighted by Gasteiger charge is 2.30. The van der Waals surface area contributed by atoms with Crippen molar-refractivity contribution in [2.75, 3.05) is 5.32 Å². The van der Waals surface area contributed by atoms with Gasteiger partial charge in [-0.2, -0.15) is 0 Å². The van der Waals surface area contributed by atoms with Gasteiger partial charge in [-0.05, 0) is 29.8 Å². The monoisotopic (exact) mass is 410 g/mol. The second-order valence-electron chi connectivity index (χ2n) is 6.74. The minimum absolute atomic E-state index is 0.0208. The van der Waals surface area contributed by atoms with Crippen molar-refractivity contribution < 1.29 is 14.0 Å². The van der Waals surface area contributed by atoms with Crippen LogP contribution in [-0.2, 0) is 16.6 Å². The zero-order valence-electron chi connectivity index (χ0n) is 15.6. The summed E-state index contributed by atoms with van der Waals surface area (Å²) in [5.74, 6) is -0.211. The van der Waals surface area contributed by atoms with Crippen LogP contribution in [0.1, 0.15) is 23.9 Å². The van der Waals surface area contributed by atoms with Crippen LogP contribution in [0.3, 0.4) is 0 Å². The average molecular weight is 410 g/mol. The van der Waals surface area contributed by atoms with Gasteiger partial charge < -0.3 is 15.2 Å². The molecule has 0 bridgehead atoms. The second kappa shape index (κ2) is 8.08. The van der Waals surface area contributed by atoms with E-state index in [4.69, 9.17) is 0 Å². The summed E-state index contributed by atoms with van der Waals surface area (Å²) in [6, 6.07) is 12.9. The molecule has 3 aromatic rings. The van der Waals surface area contributed by atoms with Crippen LogP contribution >= 0.6 is 11.8 Å². The predicted molar refractivity (Wildman–Crippen MR) is 109 cm³/mol. The molecule has 2 unspecified atom stereocenters. The molecule has 2 aromatic carbocycles. The number of halogens is 1. The zero-order valence-corrected chi connectivity index (χ0v) is 16.4. The maximum atomic E-state index is 13.4. The van der Waals surface area contributed by atoms with E-state index >= 15 is 0 Å². The first-order valence-electron chi connectivity index (χ1n) is 9.10. The summed E-state index contributed by atoms with van der Waals surface area (Å²) in [6.07, 6.45) is 3.44. The number of thioether (sulfide) groups is 1. The molecule has 0 saturated carbocycles. The molecule has 0 aliphatic carbocycles. The van der Waals surface area contributed by atoms with Crippen molar-refractivity contribution in [2.45, 2.75) is 22.6 Å². The first-order chi connectivity index (χ1) is 14.0. The molecule has 2 atom stereocenters. The summed E-state index contributed by atoms with van der Waals surface area (Å²) in [5.41, 5.74) is 1.47. The Bertz CT molecular complexity index is 1050. The van der Waals surface area contributed by atoms with Crippen LogP contribution in [0.25, 0.3) is 0 Å². The third-order valence-electron chi connectivity index (χ3n) is 4.70. The molecule has 0 radical (unpaired) electrons. The van der Waals surface area contributed by atoms with Crippen molar-refractivity contribution in [3.05, 3.63) is 78.1 Å². The predicted octanol–water partition coefficient (Wildman–Crippen LogP) is 3.27. The van der Waals surface area contributed by atoms with Crippen LogP contribution in [0, 0.1) is 5.82 Å². The number of carbonyl (C=O) groups excluding carboxylic acids is 2. The van der Waals surface area contributed by atoms with Gasteiger partial charge >= 0.3 is 0 Å². The lowest BCUT2D eigenvalue weighted by Crippen LogP contribution is -2.37. The van der Waals surface area contributed by atoms with Crippen molar-refractivity contribution in [1.29, 1.82) is 0 Å². The molecule has 4 rings (SSSR count). The Kier molecular flexibility index (Phi) is 5.35. The molecule has 8 heteroatoms. The Balaban J connectivity index is 1.52. The van der Waals surface area contributed by atoms with Crippen LogP contribution in [0.15, 0.2) is 65.8 Å². The number of carbonyl (C=O) groups is 2. The first-order valence-corrected chi connectivity index (χ1v) is 9.98. The van der Waals surface area contributed by atoms with Gasteiger partial charge in [-0.3, -0.25) is 9.59 Å². The van der Waals surface area contributed by atoms with Gasteiger partial charge in [-0.1, -0.05) is 24.3 Å². The van der Waals surface area contributed by atoms with E-state index in [1.165, 1.54) is 23.9 Å². The zero-order chi connectivity index (χ0) is 20.4. The molecule has 2 heterocycles. The molecule has 0 spiro atoms. The smallest absolute Gasteiger partial charge is 0.238 e. The van der Waals surface area contributed by atoms with E-state index in [9.17, 15) is 14.0 Å². The molecule has 29 heavy (non-hydrogen) atoms. The van der Waals surface area contributed by atoms with Crippen molar-refractivity contribution >= 4 is 29.3 Å². The molecule has 1 aromatic heterocycles. The number of aromatic nitrogens is 2. The number of hydrogen-bond acceptors (Lipinski definition) is 4. The van der Waals surface area contributed by atoms with Crippen molar-refractivity contribution in [2.24, 2.45) is 7.05 Å². The van der Waals surface area contributed by atoms with Gasteiger partial charge in [-0.25, -0.2) is 9.37 Å². The second-order valence-corrected chi connectivity index (χ2v) is 7.99. The van der Waals surface area contributed by atoms with E-state index in [-0.39, 0.29) is 24.1 Å². The number of rotatable bonds is 5. The SMILES string of the molecule is Cn1ccnc1C(NC(=O)CC1Sc2ccccc2NC1=O)c1ccc(F)cc1. The first kappa shape index (κ1) is 19.2. The topological polar surface area (TPSA) is 76.0 Å². The summed E-state index contributed by atoms with van der Waals surface area (Å²) < 4.78 is 15.2. The van der Waals surface area contributed by atoms with E-state index < -0.39 is 11.3 Å². The van der Waals surface area contributed by atoms with Crippen LogP contribution in [0.5, 0.6) is 0 Å². The number of hydrogen-bond donors (Lipinski definition) is 2. The van der Waals surface area contributed by atoms with Gasteiger partial charge in [0, 0.05) is 30.8 Å². The maximum absolute atomic E-state index is 13.4. The minimum Gasteiger partial charge on any atom is -0.342 e. The molecule has 0 saturated heterocycles. The number of benzene rings is 2. The number of amides is 2. The van der Waals surface area contributed by atoms with Crippen LogP contribution < -0.4 is 10.6 Å². The van der Waals surface area contributed by atoms with Gasteiger partial charge in [0.1, 0.15) is 17.7 Å². The number of nitrogens with zero attached hydrogens (tertiary/aromatic N) is 2. The van der Waals surface area contributed by atoms with Crippen LogP contribution in [-0.4, -0.2) is 26.6 Å². The number of para-hydroxylation sites is 1. The normalized spacial score (nSPS) is 16.6. The number of aryl methyl sites for hydroxylation is 1. The van der Waals surface area contributed by atoms with Gasteiger partial charge in [-0.15, -0.1) is 11.8 Å². The largest absolute Gasteiger partial charge is 0.342 e. The summed E-state index contributed by atoms with van der Waals surface area (Å²) in [6.45, 7) is 0. The molecule has 148 valence electrons. The van der Waals surface area contributed by atoms with Crippen LogP contribution in [0.2, 0.25) is 0 Å². The summed E-state index contributed by atoms with van der Waals surface area (Å²) >= 11 is 1.38. The third kappa shape index (κ3) is 4.17. The lowest BCUT2D eigenvalue weighted by Gasteiger charge is -2.25. The maximum Gasteiger partial charge on any atom is 0.238 e. The van der Waals surface area contributed by atoms with E-state index in [0.29, 0.717) is 11.4 Å². The Morgan fingerprint density at radius 3 is 2.76 bits per heavy atom. The van der Waals surface area contributed by atoms with E-state index in [1.807, 2.05) is 31.3 Å². The molecule has 0 fully saturated rings. The highest BCUT2D eigenvalue weighted by Crippen LogP contribution is 2.36. The Hall–Kier alpha value is -3.13. The minimum atomic E-state index is -0.549. The Labute approximate surface area is 171 Å². The highest BCUT2D eigenvalue weighted by molar-refractivity contribution is 8.01. The summed E-state index contributed by atoms with van der Waals surface area (Å²) in [5, 5.41) is 5.27. The van der Waals surface area contributed by atoms with Crippen molar-refractivity contribution in [3.63, 3.8) is 0 Å². The molecule has 2 N–H and O–H groups in total. The number of imidazole rings is 1. The average Bonchev–Trinajstić information content (AvgIpc) is 3.13. The summed E-state index contributed by atoms with van der Waals surface area (Å²) in [7, 11) is 1.83. The molecule has 1 aliphatic heterocycles. The van der Waals surface area contributed by atoms with E-state index in [2.05, 4.69) is 15.6 Å². The van der Waals surface area contributed by atoms with Crippen molar-refractivity contribution in [1.82, 2.24) is 14.9 Å². The van der Waals surface area contributed by atoms with Crippen LogP contribution in [0.4, 0.5) is 10.1 Å². The molecule has 6 nitrogen and oxygen atoms in total. The number of fused-ring (bicyclic) bond motifs is 1. The van der Waals surface area contributed by atoms with Gasteiger partial charge in [0.05, 0.1) is 10.9 Å². The highest BCUT2D eigenvalue weighted by atomic mass is 32.2. The lowest BCUT2D eigenvalue weighted by atomic mass is 10.1. The lowest BCUT2D eigenvalue weighted by molar-refractivity contribution is -0.124. The third-order valence-corrected chi connectivity index (χ3v) is 5.98. The Morgan fingerprint density at radius 2 is 2.03 bits per heavy atom. The van der Waals surface area contributed by atoms with E-state index in [1.54, 1.807) is 29.1 Å². The van der Waals surface area contributed by atoms with E-state index in [0.717, 1.165) is 10.6 Å². The molecular formula is C21H19FN4O2S. The Morgan fingerprint density at radius 1 is 1.28 bits per heavy atom. The summed E-state index contributed by atoms with van der Waals surface area (Å²) in [4.78, 5) is 30.5.